The Labute approximate surface area is 113 Å². The van der Waals surface area contributed by atoms with Crippen LogP contribution in [-0.2, 0) is 0 Å². The average Bonchev–Trinajstić information content (AvgIpc) is 2.45. The summed E-state index contributed by atoms with van der Waals surface area (Å²) in [7, 11) is 2.10. The number of likely N-dealkylation sites (N-methyl/N-ethyl adjacent to an activating group) is 1. The number of piperazine rings is 1. The van der Waals surface area contributed by atoms with E-state index >= 15 is 0 Å². The van der Waals surface area contributed by atoms with Crippen LogP contribution in [0.4, 0.5) is 5.82 Å². The fraction of sp³-hybridized carbons (Fsp3) is 0.538. The zero-order valence-electron chi connectivity index (χ0n) is 11.2. The number of anilines is 1. The summed E-state index contributed by atoms with van der Waals surface area (Å²) in [6.45, 7) is 4.03. The molecule has 1 aromatic rings. The summed E-state index contributed by atoms with van der Waals surface area (Å²) >= 11 is 0. The van der Waals surface area contributed by atoms with Gasteiger partial charge in [0.15, 0.2) is 0 Å². The predicted octanol–water partition coefficient (Wildman–Crippen LogP) is -0.444. The lowest BCUT2D eigenvalue weighted by molar-refractivity contribution is 0.0940. The molecule has 0 atom stereocenters. The van der Waals surface area contributed by atoms with Gasteiger partial charge in [0.2, 0.25) is 0 Å². The minimum absolute atomic E-state index is 0.0656. The van der Waals surface area contributed by atoms with Gasteiger partial charge in [-0.05, 0) is 19.2 Å². The van der Waals surface area contributed by atoms with E-state index in [1.54, 1.807) is 6.07 Å². The summed E-state index contributed by atoms with van der Waals surface area (Å²) in [5.41, 5.74) is 0.393. The largest absolute Gasteiger partial charge is 0.395 e. The van der Waals surface area contributed by atoms with Crippen molar-refractivity contribution in [2.24, 2.45) is 0 Å². The van der Waals surface area contributed by atoms with Gasteiger partial charge in [0.1, 0.15) is 11.5 Å². The molecule has 6 heteroatoms. The van der Waals surface area contributed by atoms with Gasteiger partial charge >= 0.3 is 0 Å². The third-order valence-corrected chi connectivity index (χ3v) is 3.19. The molecule has 1 aliphatic heterocycles. The number of pyridine rings is 1. The first-order valence-corrected chi connectivity index (χ1v) is 6.50. The van der Waals surface area contributed by atoms with Gasteiger partial charge in [0, 0.05) is 32.7 Å². The Hall–Kier alpha value is -1.66. The van der Waals surface area contributed by atoms with Crippen LogP contribution in [0.15, 0.2) is 18.2 Å². The van der Waals surface area contributed by atoms with Crippen LogP contribution in [0.5, 0.6) is 0 Å². The number of rotatable bonds is 4. The van der Waals surface area contributed by atoms with Crippen LogP contribution < -0.4 is 10.2 Å². The molecular weight excluding hydrogens is 244 g/mol. The van der Waals surface area contributed by atoms with Crippen LogP contribution >= 0.6 is 0 Å². The fourth-order valence-corrected chi connectivity index (χ4v) is 2.02. The molecule has 1 fully saturated rings. The summed E-state index contributed by atoms with van der Waals surface area (Å²) in [6, 6.07) is 5.45. The van der Waals surface area contributed by atoms with E-state index in [0.717, 1.165) is 32.0 Å². The van der Waals surface area contributed by atoms with Crippen molar-refractivity contribution in [3.05, 3.63) is 23.9 Å². The van der Waals surface area contributed by atoms with E-state index in [-0.39, 0.29) is 19.1 Å². The number of aromatic nitrogens is 1. The van der Waals surface area contributed by atoms with Crippen molar-refractivity contribution in [3.8, 4) is 0 Å². The maximum absolute atomic E-state index is 11.8. The molecule has 0 aromatic carbocycles. The molecule has 1 saturated heterocycles. The van der Waals surface area contributed by atoms with E-state index in [2.05, 4.69) is 27.1 Å². The number of nitrogens with zero attached hydrogens (tertiary/aromatic N) is 3. The van der Waals surface area contributed by atoms with Crippen molar-refractivity contribution in [3.63, 3.8) is 0 Å². The fourth-order valence-electron chi connectivity index (χ4n) is 2.02. The Balaban J connectivity index is 2.04. The Morgan fingerprint density at radius 1 is 1.37 bits per heavy atom. The molecule has 0 spiro atoms. The first-order chi connectivity index (χ1) is 9.20. The van der Waals surface area contributed by atoms with Crippen molar-refractivity contribution in [1.29, 1.82) is 0 Å². The minimum Gasteiger partial charge on any atom is -0.395 e. The smallest absolute Gasteiger partial charge is 0.270 e. The lowest BCUT2D eigenvalue weighted by Gasteiger charge is -2.33. The lowest BCUT2D eigenvalue weighted by Crippen LogP contribution is -2.45. The number of carbonyl (C=O) groups is 1. The highest BCUT2D eigenvalue weighted by Crippen LogP contribution is 2.13. The van der Waals surface area contributed by atoms with E-state index in [1.807, 2.05) is 12.1 Å². The number of aliphatic hydroxyl groups is 1. The molecule has 2 rings (SSSR count). The van der Waals surface area contributed by atoms with Crippen LogP contribution in [0.1, 0.15) is 10.5 Å². The molecule has 0 radical (unpaired) electrons. The molecule has 0 unspecified atom stereocenters. The molecule has 0 saturated carbocycles. The third-order valence-electron chi connectivity index (χ3n) is 3.19. The zero-order valence-corrected chi connectivity index (χ0v) is 11.2. The summed E-state index contributed by atoms with van der Waals surface area (Å²) in [5, 5.41) is 11.3. The van der Waals surface area contributed by atoms with Crippen molar-refractivity contribution in [2.45, 2.75) is 0 Å². The van der Waals surface area contributed by atoms with Crippen molar-refractivity contribution < 1.29 is 9.90 Å². The first kappa shape index (κ1) is 13.8. The number of hydrogen-bond donors (Lipinski definition) is 2. The van der Waals surface area contributed by atoms with Crippen LogP contribution in [0.3, 0.4) is 0 Å². The van der Waals surface area contributed by atoms with Gasteiger partial charge in [-0.1, -0.05) is 6.07 Å². The second-order valence-electron chi connectivity index (χ2n) is 4.65. The number of hydrogen-bond acceptors (Lipinski definition) is 5. The van der Waals surface area contributed by atoms with E-state index in [4.69, 9.17) is 5.11 Å². The standard InChI is InChI=1S/C13H20N4O2/c1-16-6-8-17(9-7-16)12-4-2-3-11(15-12)13(19)14-5-10-18/h2-4,18H,5-10H2,1H3,(H,14,19). The molecule has 2 heterocycles. The van der Waals surface area contributed by atoms with Gasteiger partial charge in [-0.25, -0.2) is 4.98 Å². The molecule has 0 aliphatic carbocycles. The van der Waals surface area contributed by atoms with Gasteiger partial charge in [-0.15, -0.1) is 0 Å². The second kappa shape index (κ2) is 6.49. The maximum Gasteiger partial charge on any atom is 0.270 e. The van der Waals surface area contributed by atoms with E-state index in [0.29, 0.717) is 5.69 Å². The third kappa shape index (κ3) is 3.65. The van der Waals surface area contributed by atoms with Gasteiger partial charge in [-0.3, -0.25) is 4.79 Å². The highest BCUT2D eigenvalue weighted by molar-refractivity contribution is 5.92. The number of aliphatic hydroxyl groups excluding tert-OH is 1. The molecule has 0 bridgehead atoms. The molecule has 2 N–H and O–H groups in total. The Morgan fingerprint density at radius 2 is 2.11 bits per heavy atom. The van der Waals surface area contributed by atoms with E-state index < -0.39 is 0 Å². The van der Waals surface area contributed by atoms with E-state index in [1.165, 1.54) is 0 Å². The monoisotopic (exact) mass is 264 g/mol. The molecule has 1 aromatic heterocycles. The minimum atomic E-state index is -0.245. The van der Waals surface area contributed by atoms with Gasteiger partial charge < -0.3 is 20.2 Å². The van der Waals surface area contributed by atoms with Crippen LogP contribution in [0.2, 0.25) is 0 Å². The highest BCUT2D eigenvalue weighted by atomic mass is 16.3. The SMILES string of the molecule is CN1CCN(c2cccc(C(=O)NCCO)n2)CC1. The van der Waals surface area contributed by atoms with Crippen molar-refractivity contribution >= 4 is 11.7 Å². The molecule has 104 valence electrons. The van der Waals surface area contributed by atoms with Gasteiger partial charge in [0.25, 0.3) is 5.91 Å². The molecule has 1 amide bonds. The number of carbonyl (C=O) groups excluding carboxylic acids is 1. The van der Waals surface area contributed by atoms with Gasteiger partial charge in [-0.2, -0.15) is 0 Å². The molecule has 1 aliphatic rings. The van der Waals surface area contributed by atoms with Crippen molar-refractivity contribution in [1.82, 2.24) is 15.2 Å². The second-order valence-corrected chi connectivity index (χ2v) is 4.65. The summed E-state index contributed by atoms with van der Waals surface area (Å²) in [4.78, 5) is 20.6. The Bertz CT molecular complexity index is 430. The quantitative estimate of drug-likeness (QED) is 0.771. The first-order valence-electron chi connectivity index (χ1n) is 6.50. The average molecular weight is 264 g/mol. The van der Waals surface area contributed by atoms with Crippen LogP contribution in [-0.4, -0.2) is 67.3 Å². The van der Waals surface area contributed by atoms with E-state index in [9.17, 15) is 4.79 Å². The summed E-state index contributed by atoms with van der Waals surface area (Å²) < 4.78 is 0. The molecule has 6 nitrogen and oxygen atoms in total. The van der Waals surface area contributed by atoms with Crippen LogP contribution in [0, 0.1) is 0 Å². The normalized spacial score (nSPS) is 16.4. The summed E-state index contributed by atoms with van der Waals surface area (Å²) in [6.07, 6.45) is 0. The number of amides is 1. The number of nitrogens with one attached hydrogen (secondary N) is 1. The van der Waals surface area contributed by atoms with Gasteiger partial charge in [0.05, 0.1) is 6.61 Å². The van der Waals surface area contributed by atoms with Crippen molar-refractivity contribution in [2.75, 3.05) is 51.3 Å². The molecule has 19 heavy (non-hydrogen) atoms. The van der Waals surface area contributed by atoms with Crippen LogP contribution in [0.25, 0.3) is 0 Å². The topological polar surface area (TPSA) is 68.7 Å². The lowest BCUT2D eigenvalue weighted by atomic mass is 10.3. The highest BCUT2D eigenvalue weighted by Gasteiger charge is 2.16. The Morgan fingerprint density at radius 3 is 2.79 bits per heavy atom. The maximum atomic E-state index is 11.8. The molecular formula is C13H20N4O2. The summed E-state index contributed by atoms with van der Waals surface area (Å²) in [5.74, 6) is 0.592. The Kier molecular flexibility index (Phi) is 4.70. The zero-order chi connectivity index (χ0) is 13.7. The predicted molar refractivity (Wildman–Crippen MR) is 73.4 cm³/mol.